The highest BCUT2D eigenvalue weighted by Crippen LogP contribution is 2.31. The Kier molecular flexibility index (Phi) is 6.80. The number of aliphatic imine (C=N–C) groups is 1. The van der Waals surface area contributed by atoms with Gasteiger partial charge in [0, 0.05) is 11.1 Å². The fourth-order valence-corrected chi connectivity index (χ4v) is 5.04. The monoisotopic (exact) mass is 528 g/mol. The summed E-state index contributed by atoms with van der Waals surface area (Å²) in [5.74, 6) is 1.29. The third-order valence-corrected chi connectivity index (χ3v) is 7.07. The number of ether oxygens (including phenoxy) is 1. The van der Waals surface area contributed by atoms with Gasteiger partial charge in [0.05, 0.1) is 34.8 Å². The normalized spacial score (nSPS) is 15.1. The van der Waals surface area contributed by atoms with Crippen molar-refractivity contribution in [2.24, 2.45) is 4.99 Å². The van der Waals surface area contributed by atoms with Crippen LogP contribution in [0, 0.1) is 0 Å². The second-order valence-corrected chi connectivity index (χ2v) is 9.85. The average molecular weight is 529 g/mol. The highest BCUT2D eigenvalue weighted by Gasteiger charge is 2.23. The molecule has 0 radical (unpaired) electrons. The number of amides is 1. The lowest BCUT2D eigenvalue weighted by molar-refractivity contribution is 0.265. The van der Waals surface area contributed by atoms with Crippen LogP contribution in [0.4, 0.5) is 10.5 Å². The van der Waals surface area contributed by atoms with E-state index in [0.717, 1.165) is 61.9 Å². The molecule has 0 aliphatic carbocycles. The molecular formula is C32H24N4O2S. The molecule has 5 aromatic rings. The van der Waals surface area contributed by atoms with Crippen molar-refractivity contribution in [3.63, 3.8) is 0 Å². The molecule has 1 aliphatic rings. The molecule has 1 saturated heterocycles. The van der Waals surface area contributed by atoms with Crippen molar-refractivity contribution in [3.05, 3.63) is 126 Å². The Morgan fingerprint density at radius 1 is 0.846 bits per heavy atom. The van der Waals surface area contributed by atoms with Gasteiger partial charge >= 0.3 is 0 Å². The maximum Gasteiger partial charge on any atom is 0.289 e. The van der Waals surface area contributed by atoms with Crippen molar-refractivity contribution >= 4 is 34.6 Å². The summed E-state index contributed by atoms with van der Waals surface area (Å²) in [4.78, 5) is 17.6. The van der Waals surface area contributed by atoms with E-state index in [1.165, 1.54) is 0 Å². The number of thioether (sulfide) groups is 1. The van der Waals surface area contributed by atoms with Crippen molar-refractivity contribution < 1.29 is 9.53 Å². The molecule has 0 saturated carbocycles. The Hall–Kier alpha value is -4.88. The molecule has 39 heavy (non-hydrogen) atoms. The van der Waals surface area contributed by atoms with Crippen molar-refractivity contribution in [3.8, 4) is 34.0 Å². The van der Waals surface area contributed by atoms with Crippen LogP contribution >= 0.6 is 11.8 Å². The summed E-state index contributed by atoms with van der Waals surface area (Å²) in [7, 11) is 1.62. The number of hydrogen-bond acceptors (Lipinski definition) is 5. The van der Waals surface area contributed by atoms with E-state index in [9.17, 15) is 4.79 Å². The minimum Gasteiger partial charge on any atom is -0.497 e. The molecule has 1 aliphatic heterocycles. The summed E-state index contributed by atoms with van der Waals surface area (Å²) in [6, 6.07) is 38.1. The molecule has 190 valence electrons. The number of nitrogens with zero attached hydrogens (tertiary/aromatic N) is 3. The third-order valence-electron chi connectivity index (χ3n) is 6.25. The van der Waals surface area contributed by atoms with Gasteiger partial charge in [0.2, 0.25) is 0 Å². The molecule has 6 nitrogen and oxygen atoms in total. The first-order chi connectivity index (χ1) is 19.2. The lowest BCUT2D eigenvalue weighted by Gasteiger charge is -2.08. The summed E-state index contributed by atoms with van der Waals surface area (Å²) in [6.45, 7) is 0. The smallest absolute Gasteiger partial charge is 0.289 e. The van der Waals surface area contributed by atoms with Crippen LogP contribution in [0.2, 0.25) is 0 Å². The lowest BCUT2D eigenvalue weighted by atomic mass is 10.1. The van der Waals surface area contributed by atoms with Gasteiger partial charge in [-0.1, -0.05) is 72.8 Å². The number of carbonyl (C=O) groups excluding carboxylic acids is 1. The first-order valence-electron chi connectivity index (χ1n) is 12.4. The Bertz CT molecular complexity index is 1670. The van der Waals surface area contributed by atoms with E-state index in [0.29, 0.717) is 5.84 Å². The first-order valence-corrected chi connectivity index (χ1v) is 13.2. The van der Waals surface area contributed by atoms with Gasteiger partial charge in [0.25, 0.3) is 5.24 Å². The molecule has 0 spiro atoms. The molecule has 1 amide bonds. The zero-order chi connectivity index (χ0) is 26.6. The van der Waals surface area contributed by atoms with E-state index < -0.39 is 0 Å². The van der Waals surface area contributed by atoms with Gasteiger partial charge in [-0.2, -0.15) is 5.10 Å². The molecule has 0 bridgehead atoms. The van der Waals surface area contributed by atoms with Crippen LogP contribution in [-0.4, -0.2) is 28.0 Å². The number of benzene rings is 4. The Balaban J connectivity index is 1.33. The number of aromatic nitrogens is 2. The van der Waals surface area contributed by atoms with Crippen LogP contribution in [0.5, 0.6) is 5.75 Å². The van der Waals surface area contributed by atoms with Gasteiger partial charge in [-0.15, -0.1) is 0 Å². The van der Waals surface area contributed by atoms with E-state index >= 15 is 0 Å². The molecule has 1 aromatic heterocycles. The minimum atomic E-state index is -0.150. The molecule has 0 unspecified atom stereocenters. The van der Waals surface area contributed by atoms with Crippen LogP contribution in [0.15, 0.2) is 125 Å². The standard InChI is InChI=1S/C32H24N4O2S/c1-38-27-18-14-25(15-19-27)33-31-30(39-32(37)34-31)20-22-12-16-26(17-13-22)36-29(24-10-6-3-7-11-24)21-28(35-36)23-8-4-2-5-9-23/h2-21H,1H3,(H,33,34,37). The van der Waals surface area contributed by atoms with Crippen LogP contribution < -0.4 is 10.1 Å². The summed E-state index contributed by atoms with van der Waals surface area (Å²) in [6.07, 6.45) is 1.96. The fraction of sp³-hybridized carbons (Fsp3) is 0.0312. The zero-order valence-electron chi connectivity index (χ0n) is 21.1. The third kappa shape index (κ3) is 5.39. The molecule has 6 rings (SSSR count). The van der Waals surface area contributed by atoms with Crippen LogP contribution in [0.3, 0.4) is 0 Å². The van der Waals surface area contributed by atoms with Gasteiger partial charge in [0.15, 0.2) is 0 Å². The van der Waals surface area contributed by atoms with E-state index in [2.05, 4.69) is 40.6 Å². The summed E-state index contributed by atoms with van der Waals surface area (Å²) in [5.41, 5.74) is 6.70. The molecule has 4 aromatic carbocycles. The quantitative estimate of drug-likeness (QED) is 0.245. The molecule has 1 fully saturated rings. The maximum atomic E-state index is 12.2. The van der Waals surface area contributed by atoms with E-state index in [4.69, 9.17) is 9.84 Å². The van der Waals surface area contributed by atoms with Gasteiger partial charge < -0.3 is 10.1 Å². The van der Waals surface area contributed by atoms with Gasteiger partial charge in [0.1, 0.15) is 11.6 Å². The summed E-state index contributed by atoms with van der Waals surface area (Å²) in [5, 5.41) is 7.65. The SMILES string of the molecule is COc1ccc(N=C2NC(=O)SC2=Cc2ccc(-n3nc(-c4ccccc4)cc3-c3ccccc3)cc2)cc1. The maximum absolute atomic E-state index is 12.2. The van der Waals surface area contributed by atoms with E-state index in [1.807, 2.05) is 95.7 Å². The second-order valence-electron chi connectivity index (χ2n) is 8.83. The van der Waals surface area contributed by atoms with Gasteiger partial charge in [-0.25, -0.2) is 9.67 Å². The van der Waals surface area contributed by atoms with Crippen LogP contribution in [-0.2, 0) is 0 Å². The summed E-state index contributed by atoms with van der Waals surface area (Å²) >= 11 is 1.13. The highest BCUT2D eigenvalue weighted by atomic mass is 32.2. The Morgan fingerprint density at radius 2 is 1.51 bits per heavy atom. The number of hydrogen-bond donors (Lipinski definition) is 1. The molecule has 2 heterocycles. The van der Waals surface area contributed by atoms with E-state index in [-0.39, 0.29) is 5.24 Å². The zero-order valence-corrected chi connectivity index (χ0v) is 21.9. The largest absolute Gasteiger partial charge is 0.497 e. The van der Waals surface area contributed by atoms with Crippen molar-refractivity contribution in [1.29, 1.82) is 0 Å². The van der Waals surface area contributed by atoms with Crippen molar-refractivity contribution in [2.45, 2.75) is 0 Å². The van der Waals surface area contributed by atoms with Crippen molar-refractivity contribution in [1.82, 2.24) is 15.1 Å². The Morgan fingerprint density at radius 3 is 2.18 bits per heavy atom. The number of amidine groups is 1. The number of carbonyl (C=O) groups is 1. The van der Waals surface area contributed by atoms with Crippen molar-refractivity contribution in [2.75, 3.05) is 7.11 Å². The predicted molar refractivity (Wildman–Crippen MR) is 159 cm³/mol. The molecule has 0 atom stereocenters. The van der Waals surface area contributed by atoms with E-state index in [1.54, 1.807) is 7.11 Å². The molecular weight excluding hydrogens is 504 g/mol. The number of methoxy groups -OCH3 is 1. The first kappa shape index (κ1) is 24.5. The predicted octanol–water partition coefficient (Wildman–Crippen LogP) is 7.74. The van der Waals surface area contributed by atoms with Gasteiger partial charge in [-0.3, -0.25) is 4.79 Å². The number of nitrogens with one attached hydrogen (secondary N) is 1. The minimum absolute atomic E-state index is 0.150. The van der Waals surface area contributed by atoms with Crippen LogP contribution in [0.25, 0.3) is 34.3 Å². The average Bonchev–Trinajstić information content (AvgIpc) is 3.58. The topological polar surface area (TPSA) is 68.5 Å². The van der Waals surface area contributed by atoms with Gasteiger partial charge in [-0.05, 0) is 65.9 Å². The van der Waals surface area contributed by atoms with Crippen LogP contribution in [0.1, 0.15) is 5.56 Å². The fourth-order valence-electron chi connectivity index (χ4n) is 4.30. The summed E-state index contributed by atoms with van der Waals surface area (Å²) < 4.78 is 7.19. The molecule has 7 heteroatoms. The lowest BCUT2D eigenvalue weighted by Crippen LogP contribution is -2.18. The molecule has 1 N–H and O–H groups in total. The Labute approximate surface area is 230 Å². The highest BCUT2D eigenvalue weighted by molar-refractivity contribution is 8.18. The second kappa shape index (κ2) is 10.8. The number of rotatable bonds is 6.